The van der Waals surface area contributed by atoms with Gasteiger partial charge in [0, 0.05) is 55.2 Å². The zero-order valence-corrected chi connectivity index (χ0v) is 30.0. The Morgan fingerprint density at radius 1 is 0.367 bits per heavy atom. The first-order chi connectivity index (χ1) is 28.9. The van der Waals surface area contributed by atoms with Crippen LogP contribution >= 0.6 is 0 Å². The van der Waals surface area contributed by atoms with Crippen LogP contribution in [0.25, 0.3) is 101 Å². The summed E-state index contributed by atoms with van der Waals surface area (Å²) in [6, 6.07) is 24.3. The van der Waals surface area contributed by atoms with Crippen molar-refractivity contribution < 1.29 is 48.3 Å². The van der Waals surface area contributed by atoms with Gasteiger partial charge in [0.05, 0.1) is 28.0 Å². The number of nitrogens with zero attached hydrogens (tertiary/aromatic N) is 1. The summed E-state index contributed by atoms with van der Waals surface area (Å²) in [4.78, 5) is 13.4. The number of aromatic amines is 3. The van der Waals surface area contributed by atoms with Gasteiger partial charge in [-0.3, -0.25) is 0 Å². The van der Waals surface area contributed by atoms with Crippen LogP contribution in [0.3, 0.4) is 0 Å². The Kier molecular flexibility index (Phi) is 8.28. The van der Waals surface area contributed by atoms with Crippen molar-refractivity contribution in [1.82, 2.24) is 19.9 Å². The molecule has 3 N–H and O–H groups in total. The molecule has 6 heterocycles. The minimum atomic E-state index is -2.36. The van der Waals surface area contributed by atoms with E-state index < -0.39 is 80.4 Å². The van der Waals surface area contributed by atoms with E-state index in [0.717, 1.165) is 5.39 Å². The van der Waals surface area contributed by atoms with E-state index in [1.807, 2.05) is 24.3 Å². The number of H-pyrrole nitrogens is 3. The third-order valence-corrected chi connectivity index (χ3v) is 10.4. The number of benzene rings is 4. The normalized spacial score (nSPS) is 12.1. The summed E-state index contributed by atoms with van der Waals surface area (Å²) in [5.41, 5.74) is -1.62. The predicted molar refractivity (Wildman–Crippen MR) is 206 cm³/mol. The largest absolute Gasteiger partial charge is 0.456 e. The minimum Gasteiger partial charge on any atom is -0.456 e. The molecule has 0 amide bonds. The van der Waals surface area contributed by atoms with Crippen molar-refractivity contribution in [2.75, 3.05) is 0 Å². The van der Waals surface area contributed by atoms with Crippen LogP contribution in [0.15, 0.2) is 95.4 Å². The van der Waals surface area contributed by atoms with Gasteiger partial charge in [0.2, 0.25) is 11.6 Å². The number of furan rings is 1. The van der Waals surface area contributed by atoms with Crippen molar-refractivity contribution in [3.05, 3.63) is 161 Å². The average Bonchev–Trinajstić information content (AvgIpc) is 4.12. The Morgan fingerprint density at radius 2 is 0.783 bits per heavy atom. The van der Waals surface area contributed by atoms with Crippen molar-refractivity contribution in [2.24, 2.45) is 0 Å². The quantitative estimate of drug-likeness (QED) is 0.0940. The fourth-order valence-electron chi connectivity index (χ4n) is 7.56. The standard InChI is InChI=1S/C45H20F10N4O/c46-36-34(37(47)41(51)44(54)40(36)50)32-25-11-9-21(56-25)22-10-12-26(57-22)33(35-38(48)42(52)45(55)43(53)39(35)49)28-16-14-24(59-28)31(23-13-15-27(32)58-23)19-7-5-18(6-8-19)30-17-20-3-1-2-4-29(20)60-30/h1-17,56,58-59H. The topological polar surface area (TPSA) is 73.4 Å². The molecule has 4 aromatic carbocycles. The van der Waals surface area contributed by atoms with Crippen LogP contribution in [0.1, 0.15) is 11.4 Å². The van der Waals surface area contributed by atoms with Gasteiger partial charge < -0.3 is 19.4 Å². The number of para-hydroxylation sites is 1. The van der Waals surface area contributed by atoms with Gasteiger partial charge in [0.15, 0.2) is 46.5 Å². The van der Waals surface area contributed by atoms with E-state index >= 15 is 17.6 Å². The molecule has 60 heavy (non-hydrogen) atoms. The summed E-state index contributed by atoms with van der Waals surface area (Å²) < 4.78 is 157. The van der Waals surface area contributed by atoms with Crippen molar-refractivity contribution in [3.8, 4) is 44.7 Å². The molecule has 10 rings (SSSR count). The zero-order valence-electron chi connectivity index (χ0n) is 30.0. The second-order valence-corrected chi connectivity index (χ2v) is 13.8. The van der Waals surface area contributed by atoms with Crippen LogP contribution in [0, 0.1) is 58.2 Å². The van der Waals surface area contributed by atoms with Gasteiger partial charge in [-0.05, 0) is 66.2 Å². The predicted octanol–water partition coefficient (Wildman–Crippen LogP) is 13.5. The molecule has 0 saturated carbocycles. The van der Waals surface area contributed by atoms with Crippen molar-refractivity contribution >= 4 is 56.2 Å². The van der Waals surface area contributed by atoms with Crippen molar-refractivity contribution in [1.29, 1.82) is 0 Å². The zero-order chi connectivity index (χ0) is 41.7. The summed E-state index contributed by atoms with van der Waals surface area (Å²) in [6.07, 6.45) is 2.58. The van der Waals surface area contributed by atoms with Crippen LogP contribution in [-0.2, 0) is 0 Å². The van der Waals surface area contributed by atoms with Gasteiger partial charge in [-0.1, -0.05) is 42.5 Å². The molecule has 0 radical (unpaired) electrons. The fourth-order valence-corrected chi connectivity index (χ4v) is 7.56. The molecule has 1 aliphatic rings. The molecule has 0 fully saturated rings. The van der Waals surface area contributed by atoms with Gasteiger partial charge in [0.25, 0.3) is 0 Å². The summed E-state index contributed by atoms with van der Waals surface area (Å²) >= 11 is 0. The molecule has 5 aromatic heterocycles. The van der Waals surface area contributed by atoms with E-state index in [2.05, 4.69) is 19.9 Å². The lowest BCUT2D eigenvalue weighted by Gasteiger charge is -2.10. The maximum atomic E-state index is 15.7. The molecule has 8 bridgehead atoms. The molecule has 15 heteroatoms. The van der Waals surface area contributed by atoms with Gasteiger partial charge >= 0.3 is 0 Å². The Labute approximate surface area is 329 Å². The van der Waals surface area contributed by atoms with Gasteiger partial charge in [-0.25, -0.2) is 48.9 Å². The van der Waals surface area contributed by atoms with Crippen LogP contribution in [0.2, 0.25) is 0 Å². The van der Waals surface area contributed by atoms with Crippen molar-refractivity contribution in [2.45, 2.75) is 0 Å². The Bertz CT molecular complexity index is 3360. The summed E-state index contributed by atoms with van der Waals surface area (Å²) in [6.45, 7) is 0. The molecule has 0 atom stereocenters. The highest BCUT2D eigenvalue weighted by Crippen LogP contribution is 2.41. The second kappa shape index (κ2) is 13.5. The second-order valence-electron chi connectivity index (χ2n) is 13.8. The number of hydrogen-bond donors (Lipinski definition) is 3. The molecule has 0 saturated heterocycles. The first kappa shape index (κ1) is 36.8. The molecule has 0 aliphatic carbocycles. The van der Waals surface area contributed by atoms with Gasteiger partial charge in [-0.15, -0.1) is 0 Å². The smallest absolute Gasteiger partial charge is 0.200 e. The van der Waals surface area contributed by atoms with E-state index in [1.54, 1.807) is 30.3 Å². The van der Waals surface area contributed by atoms with Crippen molar-refractivity contribution in [3.63, 3.8) is 0 Å². The molecule has 9 aromatic rings. The van der Waals surface area contributed by atoms with Gasteiger partial charge in [-0.2, -0.15) is 0 Å². The van der Waals surface area contributed by atoms with Crippen LogP contribution in [-0.4, -0.2) is 19.9 Å². The Hall–Kier alpha value is -7.55. The maximum Gasteiger partial charge on any atom is 0.200 e. The van der Waals surface area contributed by atoms with Gasteiger partial charge in [0.1, 0.15) is 11.3 Å². The monoisotopic (exact) mass is 822 g/mol. The lowest BCUT2D eigenvalue weighted by atomic mass is 10.0. The van der Waals surface area contributed by atoms with E-state index in [1.165, 1.54) is 48.6 Å². The molecule has 1 aliphatic heterocycles. The molecule has 5 nitrogen and oxygen atoms in total. The summed E-state index contributed by atoms with van der Waals surface area (Å²) in [5, 5.41) is 0.855. The number of fused-ring (bicyclic) bond motifs is 10. The van der Waals surface area contributed by atoms with E-state index in [0.29, 0.717) is 22.5 Å². The van der Waals surface area contributed by atoms with Crippen LogP contribution < -0.4 is 0 Å². The highest BCUT2D eigenvalue weighted by Gasteiger charge is 2.31. The van der Waals surface area contributed by atoms with Crippen LogP contribution in [0.5, 0.6) is 0 Å². The molecule has 296 valence electrons. The summed E-state index contributed by atoms with van der Waals surface area (Å²) in [7, 11) is 0. The number of aromatic nitrogens is 4. The SMILES string of the molecule is Fc1c(F)c(F)c(-c2c3nc(c4ccc([nH]4)c(-c4c(F)c(F)c(F)c(F)c4F)c4ccc([nH]4)c(-c4ccc(-c5cc6ccccc6o5)cc4)c4ccc2[nH]4)C=C3)c(F)c1F. The molecular formula is C45H20F10N4O. The third kappa shape index (κ3) is 5.52. The minimum absolute atomic E-state index is 0.0139. The average molecular weight is 823 g/mol. The Balaban J connectivity index is 1.34. The fraction of sp³-hybridized carbons (Fsp3) is 0. The third-order valence-electron chi connectivity index (χ3n) is 10.4. The van der Waals surface area contributed by atoms with E-state index in [4.69, 9.17) is 4.42 Å². The molecular weight excluding hydrogens is 803 g/mol. The maximum absolute atomic E-state index is 15.7. The number of hydrogen-bond acceptors (Lipinski definition) is 2. The number of halogens is 10. The first-order valence-electron chi connectivity index (χ1n) is 17.9. The van der Waals surface area contributed by atoms with E-state index in [9.17, 15) is 26.3 Å². The lowest BCUT2D eigenvalue weighted by molar-refractivity contribution is 0.381. The van der Waals surface area contributed by atoms with E-state index in [-0.39, 0.29) is 50.1 Å². The number of rotatable bonds is 4. The molecule has 0 unspecified atom stereocenters. The summed E-state index contributed by atoms with van der Waals surface area (Å²) in [5.74, 6) is -21.4. The highest BCUT2D eigenvalue weighted by atomic mass is 19.2. The highest BCUT2D eigenvalue weighted by molar-refractivity contribution is 6.01. The molecule has 0 spiro atoms. The first-order valence-corrected chi connectivity index (χ1v) is 17.9. The lowest BCUT2D eigenvalue weighted by Crippen LogP contribution is -2.05. The Morgan fingerprint density at radius 3 is 1.33 bits per heavy atom. The number of nitrogens with one attached hydrogen (secondary N) is 3. The van der Waals surface area contributed by atoms with Crippen LogP contribution in [0.4, 0.5) is 43.9 Å².